The summed E-state index contributed by atoms with van der Waals surface area (Å²) in [7, 11) is 0. The highest BCUT2D eigenvalue weighted by atomic mass is 35.5. The molecular weight excluding hydrogens is 237 g/mol. The van der Waals surface area contributed by atoms with Crippen LogP contribution < -0.4 is 5.73 Å². The standard InChI is InChI=1S/C14H19ClFN/c1-13(2)6-3-7-14(13,17)9-10-4-5-11(16)8-12(10)15/h4-5,8H,3,6-7,9,17H2,1-2H3. The van der Waals surface area contributed by atoms with Crippen LogP contribution in [0.2, 0.25) is 5.02 Å². The maximum atomic E-state index is 13.0. The molecule has 1 saturated carbocycles. The first kappa shape index (κ1) is 12.8. The first-order valence-corrected chi connectivity index (χ1v) is 6.45. The molecule has 1 atom stereocenters. The second-order valence-electron chi connectivity index (χ2n) is 5.81. The fourth-order valence-corrected chi connectivity index (χ4v) is 3.00. The molecule has 0 heterocycles. The van der Waals surface area contributed by atoms with Crippen molar-refractivity contribution in [1.82, 2.24) is 0 Å². The number of halogens is 2. The van der Waals surface area contributed by atoms with Crippen LogP contribution in [0.25, 0.3) is 0 Å². The normalized spacial score (nSPS) is 27.4. The Bertz CT molecular complexity index is 430. The Morgan fingerprint density at radius 3 is 2.59 bits per heavy atom. The maximum Gasteiger partial charge on any atom is 0.124 e. The Kier molecular flexibility index (Phi) is 3.21. The van der Waals surface area contributed by atoms with Crippen LogP contribution in [0.3, 0.4) is 0 Å². The Morgan fingerprint density at radius 1 is 1.35 bits per heavy atom. The van der Waals surface area contributed by atoms with Crippen LogP contribution in [0.15, 0.2) is 18.2 Å². The van der Waals surface area contributed by atoms with Crippen molar-refractivity contribution in [3.8, 4) is 0 Å². The molecule has 0 aliphatic heterocycles. The molecule has 0 radical (unpaired) electrons. The first-order valence-electron chi connectivity index (χ1n) is 6.07. The van der Waals surface area contributed by atoms with Crippen molar-refractivity contribution in [2.24, 2.45) is 11.1 Å². The van der Waals surface area contributed by atoms with E-state index in [1.807, 2.05) is 0 Å². The predicted molar refractivity (Wildman–Crippen MR) is 69.7 cm³/mol. The number of benzene rings is 1. The van der Waals surface area contributed by atoms with Crippen molar-refractivity contribution >= 4 is 11.6 Å². The van der Waals surface area contributed by atoms with E-state index in [1.165, 1.54) is 12.1 Å². The van der Waals surface area contributed by atoms with Crippen LogP contribution in [-0.2, 0) is 6.42 Å². The summed E-state index contributed by atoms with van der Waals surface area (Å²) in [6, 6.07) is 4.56. The molecule has 3 heteroatoms. The summed E-state index contributed by atoms with van der Waals surface area (Å²) in [6.07, 6.45) is 4.03. The Hall–Kier alpha value is -0.600. The van der Waals surface area contributed by atoms with Crippen LogP contribution in [0.5, 0.6) is 0 Å². The summed E-state index contributed by atoms with van der Waals surface area (Å²) in [5.41, 5.74) is 7.36. The largest absolute Gasteiger partial charge is 0.324 e. The van der Waals surface area contributed by atoms with Crippen LogP contribution >= 0.6 is 11.6 Å². The highest BCUT2D eigenvalue weighted by molar-refractivity contribution is 6.31. The summed E-state index contributed by atoms with van der Waals surface area (Å²) in [5.74, 6) is -0.296. The van der Waals surface area contributed by atoms with Gasteiger partial charge in [-0.05, 0) is 42.4 Å². The van der Waals surface area contributed by atoms with E-state index >= 15 is 0 Å². The predicted octanol–water partition coefficient (Wildman–Crippen LogP) is 3.93. The molecule has 0 amide bonds. The van der Waals surface area contributed by atoms with Gasteiger partial charge in [-0.25, -0.2) is 4.39 Å². The summed E-state index contributed by atoms with van der Waals surface area (Å²) < 4.78 is 13.0. The van der Waals surface area contributed by atoms with E-state index in [0.717, 1.165) is 31.2 Å². The molecule has 17 heavy (non-hydrogen) atoms. The minimum absolute atomic E-state index is 0.116. The third-order valence-electron chi connectivity index (χ3n) is 4.29. The number of nitrogens with two attached hydrogens (primary N) is 1. The summed E-state index contributed by atoms with van der Waals surface area (Å²) in [6.45, 7) is 4.41. The molecule has 0 bridgehead atoms. The van der Waals surface area contributed by atoms with Crippen molar-refractivity contribution < 1.29 is 4.39 Å². The molecule has 94 valence electrons. The Morgan fingerprint density at radius 2 is 2.06 bits per heavy atom. The van der Waals surface area contributed by atoms with E-state index in [0.29, 0.717) is 5.02 Å². The lowest BCUT2D eigenvalue weighted by molar-refractivity contribution is 0.207. The summed E-state index contributed by atoms with van der Waals surface area (Å²) >= 11 is 6.07. The van der Waals surface area contributed by atoms with Gasteiger partial charge in [-0.15, -0.1) is 0 Å². The molecule has 2 rings (SSSR count). The smallest absolute Gasteiger partial charge is 0.124 e. The number of hydrogen-bond acceptors (Lipinski definition) is 1. The quantitative estimate of drug-likeness (QED) is 0.851. The minimum atomic E-state index is -0.296. The van der Waals surface area contributed by atoms with Gasteiger partial charge in [-0.3, -0.25) is 0 Å². The molecule has 0 spiro atoms. The van der Waals surface area contributed by atoms with Crippen molar-refractivity contribution in [2.75, 3.05) is 0 Å². The summed E-state index contributed by atoms with van der Waals surface area (Å²) in [5, 5.41) is 0.484. The molecule has 1 nitrogen and oxygen atoms in total. The highest BCUT2D eigenvalue weighted by Crippen LogP contribution is 2.46. The van der Waals surface area contributed by atoms with E-state index < -0.39 is 0 Å². The third kappa shape index (κ3) is 2.34. The second kappa shape index (κ2) is 4.25. The Labute approximate surface area is 107 Å². The van der Waals surface area contributed by atoms with Gasteiger partial charge in [0.05, 0.1) is 0 Å². The Balaban J connectivity index is 2.26. The number of rotatable bonds is 2. The van der Waals surface area contributed by atoms with E-state index in [2.05, 4.69) is 13.8 Å². The van der Waals surface area contributed by atoms with Crippen molar-refractivity contribution in [3.05, 3.63) is 34.6 Å². The van der Waals surface area contributed by atoms with Crippen LogP contribution in [0.4, 0.5) is 4.39 Å². The third-order valence-corrected chi connectivity index (χ3v) is 4.65. The van der Waals surface area contributed by atoms with Gasteiger partial charge in [-0.2, -0.15) is 0 Å². The molecule has 0 saturated heterocycles. The SMILES string of the molecule is CC1(C)CCCC1(N)Cc1ccc(F)cc1Cl. The van der Waals surface area contributed by atoms with Crippen molar-refractivity contribution in [1.29, 1.82) is 0 Å². The average molecular weight is 256 g/mol. The molecule has 1 aromatic rings. The highest BCUT2D eigenvalue weighted by Gasteiger charge is 2.45. The van der Waals surface area contributed by atoms with Gasteiger partial charge in [-0.1, -0.05) is 37.9 Å². The molecular formula is C14H19ClFN. The first-order chi connectivity index (χ1) is 7.84. The lowest BCUT2D eigenvalue weighted by Crippen LogP contribution is -2.50. The zero-order valence-corrected chi connectivity index (χ0v) is 11.1. The molecule has 1 fully saturated rings. The molecule has 0 aromatic heterocycles. The van der Waals surface area contributed by atoms with Crippen LogP contribution in [-0.4, -0.2) is 5.54 Å². The van der Waals surface area contributed by atoms with E-state index in [9.17, 15) is 4.39 Å². The van der Waals surface area contributed by atoms with Crippen molar-refractivity contribution in [2.45, 2.75) is 45.1 Å². The van der Waals surface area contributed by atoms with Gasteiger partial charge in [0, 0.05) is 10.6 Å². The molecule has 1 aliphatic carbocycles. The van der Waals surface area contributed by atoms with Gasteiger partial charge < -0.3 is 5.73 Å². The fraction of sp³-hybridized carbons (Fsp3) is 0.571. The fourth-order valence-electron chi connectivity index (χ4n) is 2.77. The van der Waals surface area contributed by atoms with Gasteiger partial charge >= 0.3 is 0 Å². The zero-order valence-electron chi connectivity index (χ0n) is 10.4. The van der Waals surface area contributed by atoms with Crippen molar-refractivity contribution in [3.63, 3.8) is 0 Å². The molecule has 1 aromatic carbocycles. The lowest BCUT2D eigenvalue weighted by atomic mass is 9.72. The van der Waals surface area contributed by atoms with E-state index in [-0.39, 0.29) is 16.8 Å². The van der Waals surface area contributed by atoms with Gasteiger partial charge in [0.15, 0.2) is 0 Å². The van der Waals surface area contributed by atoms with E-state index in [4.69, 9.17) is 17.3 Å². The lowest BCUT2D eigenvalue weighted by Gasteiger charge is -2.38. The van der Waals surface area contributed by atoms with Gasteiger partial charge in [0.2, 0.25) is 0 Å². The monoisotopic (exact) mass is 255 g/mol. The zero-order chi connectivity index (χ0) is 12.7. The maximum absolute atomic E-state index is 13.0. The molecule has 1 unspecified atom stereocenters. The number of hydrogen-bond donors (Lipinski definition) is 1. The average Bonchev–Trinajstić information content (AvgIpc) is 2.46. The van der Waals surface area contributed by atoms with Crippen LogP contribution in [0, 0.1) is 11.2 Å². The van der Waals surface area contributed by atoms with Gasteiger partial charge in [0.1, 0.15) is 5.82 Å². The van der Waals surface area contributed by atoms with E-state index in [1.54, 1.807) is 6.07 Å². The summed E-state index contributed by atoms with van der Waals surface area (Å²) in [4.78, 5) is 0. The second-order valence-corrected chi connectivity index (χ2v) is 6.21. The molecule has 2 N–H and O–H groups in total. The topological polar surface area (TPSA) is 26.0 Å². The minimum Gasteiger partial charge on any atom is -0.324 e. The molecule has 1 aliphatic rings. The van der Waals surface area contributed by atoms with Gasteiger partial charge in [0.25, 0.3) is 0 Å². The van der Waals surface area contributed by atoms with Crippen LogP contribution in [0.1, 0.15) is 38.7 Å².